The predicted molar refractivity (Wildman–Crippen MR) is 109 cm³/mol. The lowest BCUT2D eigenvalue weighted by atomic mass is 10.2. The number of nitrogens with one attached hydrogen (secondary N) is 2. The number of aromatic nitrogens is 3. The first-order chi connectivity index (χ1) is 13.8. The number of pyridine rings is 1. The number of carbonyl (C=O) groups excluding carboxylic acids is 1. The van der Waals surface area contributed by atoms with Crippen LogP contribution < -0.4 is 15.5 Å². The van der Waals surface area contributed by atoms with Gasteiger partial charge in [-0.2, -0.15) is 0 Å². The summed E-state index contributed by atoms with van der Waals surface area (Å²) in [7, 11) is 0. The molecule has 1 saturated heterocycles. The molecular formula is C21H22N6O. The predicted octanol–water partition coefficient (Wildman–Crippen LogP) is 3.15. The zero-order valence-electron chi connectivity index (χ0n) is 15.5. The lowest BCUT2D eigenvalue weighted by Gasteiger charge is -2.17. The van der Waals surface area contributed by atoms with E-state index in [1.807, 2.05) is 24.3 Å². The molecular weight excluding hydrogens is 352 g/mol. The summed E-state index contributed by atoms with van der Waals surface area (Å²) in [6.07, 6.45) is 7.32. The Balaban J connectivity index is 1.38. The van der Waals surface area contributed by atoms with Crippen LogP contribution in [0.5, 0.6) is 0 Å². The Morgan fingerprint density at radius 3 is 2.64 bits per heavy atom. The normalized spacial score (nSPS) is 13.4. The monoisotopic (exact) mass is 374 g/mol. The molecule has 28 heavy (non-hydrogen) atoms. The second kappa shape index (κ2) is 8.47. The number of hydrogen-bond donors (Lipinski definition) is 2. The van der Waals surface area contributed by atoms with E-state index in [1.165, 1.54) is 24.9 Å². The molecule has 2 N–H and O–H groups in total. The summed E-state index contributed by atoms with van der Waals surface area (Å²) < 4.78 is 0. The smallest absolute Gasteiger partial charge is 0.270 e. The van der Waals surface area contributed by atoms with Gasteiger partial charge < -0.3 is 15.5 Å². The zero-order chi connectivity index (χ0) is 19.2. The minimum absolute atomic E-state index is 0.251. The largest absolute Gasteiger partial charge is 0.372 e. The second-order valence-corrected chi connectivity index (χ2v) is 6.70. The summed E-state index contributed by atoms with van der Waals surface area (Å²) in [5, 5.41) is 6.07. The van der Waals surface area contributed by atoms with Crippen molar-refractivity contribution in [2.45, 2.75) is 19.4 Å². The molecule has 0 unspecified atom stereocenters. The minimum Gasteiger partial charge on any atom is -0.372 e. The van der Waals surface area contributed by atoms with Crippen molar-refractivity contribution in [3.63, 3.8) is 0 Å². The second-order valence-electron chi connectivity index (χ2n) is 6.70. The summed E-state index contributed by atoms with van der Waals surface area (Å²) >= 11 is 0. The highest BCUT2D eigenvalue weighted by atomic mass is 16.1. The maximum Gasteiger partial charge on any atom is 0.270 e. The van der Waals surface area contributed by atoms with Gasteiger partial charge in [0.25, 0.3) is 5.91 Å². The highest BCUT2D eigenvalue weighted by Crippen LogP contribution is 2.23. The summed E-state index contributed by atoms with van der Waals surface area (Å²) in [5.41, 5.74) is 3.40. The fraction of sp³-hybridized carbons (Fsp3) is 0.238. The Labute approximate surface area is 163 Å². The van der Waals surface area contributed by atoms with Crippen LogP contribution >= 0.6 is 0 Å². The molecule has 0 spiro atoms. The first-order valence-electron chi connectivity index (χ1n) is 9.39. The number of nitrogens with zero attached hydrogens (tertiary/aromatic N) is 4. The molecule has 1 fully saturated rings. The van der Waals surface area contributed by atoms with Crippen molar-refractivity contribution in [2.24, 2.45) is 0 Å². The molecule has 142 valence electrons. The SMILES string of the molecule is O=C(NCc1cccnc1)c1cc(Nc2ccc(N3CCCC3)cc2)ncn1. The Kier molecular flexibility index (Phi) is 5.42. The first kappa shape index (κ1) is 17.9. The van der Waals surface area contributed by atoms with Gasteiger partial charge in [0.1, 0.15) is 17.8 Å². The fourth-order valence-electron chi connectivity index (χ4n) is 3.20. The molecule has 7 heteroatoms. The summed E-state index contributed by atoms with van der Waals surface area (Å²) in [5.74, 6) is 0.328. The van der Waals surface area contributed by atoms with E-state index >= 15 is 0 Å². The molecule has 3 heterocycles. The lowest BCUT2D eigenvalue weighted by Crippen LogP contribution is -2.24. The van der Waals surface area contributed by atoms with Crippen LogP contribution in [0.25, 0.3) is 0 Å². The highest BCUT2D eigenvalue weighted by molar-refractivity contribution is 5.92. The molecule has 0 radical (unpaired) electrons. The quantitative estimate of drug-likeness (QED) is 0.690. The summed E-state index contributed by atoms with van der Waals surface area (Å²) in [6, 6.07) is 13.7. The standard InChI is InChI=1S/C21H22N6O/c28-21(23-14-16-4-3-9-22-13-16)19-12-20(25-15-24-19)26-17-5-7-18(8-6-17)27-10-1-2-11-27/h3-9,12-13,15H,1-2,10-11,14H2,(H,23,28)(H,24,25,26). The van der Waals surface area contributed by atoms with Gasteiger partial charge in [-0.1, -0.05) is 6.07 Å². The number of anilines is 3. The maximum atomic E-state index is 12.4. The molecule has 3 aromatic rings. The average Bonchev–Trinajstić information content (AvgIpc) is 3.28. The topological polar surface area (TPSA) is 83.0 Å². The van der Waals surface area contributed by atoms with E-state index in [0.29, 0.717) is 18.1 Å². The third-order valence-electron chi connectivity index (χ3n) is 4.69. The van der Waals surface area contributed by atoms with Crippen LogP contribution in [0.3, 0.4) is 0 Å². The number of carbonyl (C=O) groups is 1. The number of hydrogen-bond acceptors (Lipinski definition) is 6. The van der Waals surface area contributed by atoms with Crippen LogP contribution in [0, 0.1) is 0 Å². The van der Waals surface area contributed by atoms with Gasteiger partial charge in [0.2, 0.25) is 0 Å². The highest BCUT2D eigenvalue weighted by Gasteiger charge is 2.12. The van der Waals surface area contributed by atoms with Crippen LogP contribution in [-0.2, 0) is 6.54 Å². The van der Waals surface area contributed by atoms with Crippen molar-refractivity contribution < 1.29 is 4.79 Å². The van der Waals surface area contributed by atoms with Crippen LogP contribution in [0.2, 0.25) is 0 Å². The molecule has 0 aliphatic carbocycles. The van der Waals surface area contributed by atoms with Crippen molar-refractivity contribution in [2.75, 3.05) is 23.3 Å². The van der Waals surface area contributed by atoms with Crippen LogP contribution in [-0.4, -0.2) is 33.9 Å². The fourth-order valence-corrected chi connectivity index (χ4v) is 3.20. The van der Waals surface area contributed by atoms with Gasteiger partial charge >= 0.3 is 0 Å². The van der Waals surface area contributed by atoms with Gasteiger partial charge in [0, 0.05) is 49.5 Å². The van der Waals surface area contributed by atoms with Crippen LogP contribution in [0.1, 0.15) is 28.9 Å². The van der Waals surface area contributed by atoms with E-state index in [2.05, 4.69) is 42.6 Å². The third kappa shape index (κ3) is 4.43. The van der Waals surface area contributed by atoms with Gasteiger partial charge in [0.15, 0.2) is 0 Å². The molecule has 1 aliphatic heterocycles. The third-order valence-corrected chi connectivity index (χ3v) is 4.69. The van der Waals surface area contributed by atoms with Crippen molar-refractivity contribution in [3.05, 3.63) is 72.4 Å². The molecule has 7 nitrogen and oxygen atoms in total. The van der Waals surface area contributed by atoms with Gasteiger partial charge in [-0.15, -0.1) is 0 Å². The summed E-state index contributed by atoms with van der Waals surface area (Å²) in [6.45, 7) is 2.64. The van der Waals surface area contributed by atoms with E-state index in [-0.39, 0.29) is 5.91 Å². The molecule has 0 bridgehead atoms. The van der Waals surface area contributed by atoms with Crippen molar-refractivity contribution in [1.82, 2.24) is 20.3 Å². The molecule has 0 saturated carbocycles. The summed E-state index contributed by atoms with van der Waals surface area (Å²) in [4.78, 5) is 27.1. The molecule has 1 aromatic carbocycles. The first-order valence-corrected chi connectivity index (χ1v) is 9.39. The maximum absolute atomic E-state index is 12.4. The van der Waals surface area contributed by atoms with E-state index in [9.17, 15) is 4.79 Å². The van der Waals surface area contributed by atoms with E-state index < -0.39 is 0 Å². The van der Waals surface area contributed by atoms with Gasteiger partial charge in [-0.25, -0.2) is 9.97 Å². The van der Waals surface area contributed by atoms with E-state index in [4.69, 9.17) is 0 Å². The number of benzene rings is 1. The van der Waals surface area contributed by atoms with E-state index in [1.54, 1.807) is 18.5 Å². The van der Waals surface area contributed by atoms with Gasteiger partial charge in [-0.3, -0.25) is 9.78 Å². The Morgan fingerprint density at radius 1 is 1.07 bits per heavy atom. The van der Waals surface area contributed by atoms with Gasteiger partial charge in [-0.05, 0) is 48.7 Å². The number of amides is 1. The molecule has 2 aromatic heterocycles. The number of rotatable bonds is 6. The lowest BCUT2D eigenvalue weighted by molar-refractivity contribution is 0.0945. The van der Waals surface area contributed by atoms with Crippen LogP contribution in [0.4, 0.5) is 17.2 Å². The van der Waals surface area contributed by atoms with Crippen LogP contribution in [0.15, 0.2) is 61.2 Å². The Morgan fingerprint density at radius 2 is 1.89 bits per heavy atom. The van der Waals surface area contributed by atoms with Crippen molar-refractivity contribution >= 4 is 23.1 Å². The minimum atomic E-state index is -0.251. The van der Waals surface area contributed by atoms with E-state index in [0.717, 1.165) is 24.3 Å². The molecule has 4 rings (SSSR count). The van der Waals surface area contributed by atoms with Gasteiger partial charge in [0.05, 0.1) is 0 Å². The Hall–Kier alpha value is -3.48. The molecule has 1 amide bonds. The zero-order valence-corrected chi connectivity index (χ0v) is 15.5. The Bertz CT molecular complexity index is 923. The molecule has 1 aliphatic rings. The van der Waals surface area contributed by atoms with Crippen molar-refractivity contribution in [3.8, 4) is 0 Å². The molecule has 0 atom stereocenters. The average molecular weight is 374 g/mol. The van der Waals surface area contributed by atoms with Crippen molar-refractivity contribution in [1.29, 1.82) is 0 Å².